The van der Waals surface area contributed by atoms with Gasteiger partial charge in [0.25, 0.3) is 0 Å². The van der Waals surface area contributed by atoms with Crippen molar-refractivity contribution in [3.8, 4) is 0 Å². The lowest BCUT2D eigenvalue weighted by atomic mass is 9.92. The Labute approximate surface area is 121 Å². The predicted molar refractivity (Wildman–Crippen MR) is 79.1 cm³/mol. The first-order chi connectivity index (χ1) is 9.67. The molecule has 1 aliphatic heterocycles. The van der Waals surface area contributed by atoms with Gasteiger partial charge in [-0.25, -0.2) is 0 Å². The Morgan fingerprint density at radius 3 is 2.70 bits per heavy atom. The van der Waals surface area contributed by atoms with Gasteiger partial charge in [-0.05, 0) is 38.0 Å². The summed E-state index contributed by atoms with van der Waals surface area (Å²) in [5.41, 5.74) is 0. The van der Waals surface area contributed by atoms with E-state index in [-0.39, 0.29) is 23.9 Å². The average molecular weight is 278 g/mol. The molecule has 1 heterocycles. The molecule has 3 unspecified atom stereocenters. The molecule has 0 aromatic heterocycles. The van der Waals surface area contributed by atoms with E-state index in [4.69, 9.17) is 0 Å². The van der Waals surface area contributed by atoms with Crippen molar-refractivity contribution >= 4 is 11.8 Å². The van der Waals surface area contributed by atoms with Gasteiger partial charge in [-0.1, -0.05) is 32.4 Å². The Morgan fingerprint density at radius 1 is 1.30 bits per heavy atom. The van der Waals surface area contributed by atoms with Crippen LogP contribution in [-0.4, -0.2) is 35.3 Å². The highest BCUT2D eigenvalue weighted by atomic mass is 16.2. The zero-order valence-corrected chi connectivity index (χ0v) is 12.6. The molecule has 1 aliphatic carbocycles. The topological polar surface area (TPSA) is 49.4 Å². The van der Waals surface area contributed by atoms with Crippen molar-refractivity contribution in [2.45, 2.75) is 64.5 Å². The number of amides is 2. The van der Waals surface area contributed by atoms with Crippen molar-refractivity contribution in [3.05, 3.63) is 12.2 Å². The first kappa shape index (κ1) is 15.1. The van der Waals surface area contributed by atoms with Crippen LogP contribution in [0.25, 0.3) is 0 Å². The number of carbonyl (C=O) groups is 2. The summed E-state index contributed by atoms with van der Waals surface area (Å²) in [5.74, 6) is 0.649. The molecule has 112 valence electrons. The van der Waals surface area contributed by atoms with E-state index in [1.807, 2.05) is 18.7 Å². The van der Waals surface area contributed by atoms with Crippen LogP contribution in [0.2, 0.25) is 0 Å². The summed E-state index contributed by atoms with van der Waals surface area (Å²) in [7, 11) is 0. The molecule has 20 heavy (non-hydrogen) atoms. The minimum absolute atomic E-state index is 0.0249. The molecular weight excluding hydrogens is 252 g/mol. The van der Waals surface area contributed by atoms with Crippen LogP contribution in [0.3, 0.4) is 0 Å². The van der Waals surface area contributed by atoms with Crippen molar-refractivity contribution < 1.29 is 9.59 Å². The third kappa shape index (κ3) is 3.22. The van der Waals surface area contributed by atoms with Gasteiger partial charge in [0.05, 0.1) is 0 Å². The Morgan fingerprint density at radius 2 is 2.10 bits per heavy atom. The van der Waals surface area contributed by atoms with E-state index < -0.39 is 0 Å². The van der Waals surface area contributed by atoms with Crippen LogP contribution in [0.4, 0.5) is 0 Å². The largest absolute Gasteiger partial charge is 0.343 e. The number of nitrogens with one attached hydrogen (secondary N) is 1. The highest BCUT2D eigenvalue weighted by Crippen LogP contribution is 2.23. The van der Waals surface area contributed by atoms with Crippen LogP contribution in [0.5, 0.6) is 0 Å². The van der Waals surface area contributed by atoms with Crippen LogP contribution in [-0.2, 0) is 9.59 Å². The second-order valence-corrected chi connectivity index (χ2v) is 5.91. The zero-order valence-electron chi connectivity index (χ0n) is 12.6. The van der Waals surface area contributed by atoms with Crippen LogP contribution in [0.15, 0.2) is 12.2 Å². The van der Waals surface area contributed by atoms with Gasteiger partial charge in [0.1, 0.15) is 12.1 Å². The monoisotopic (exact) mass is 278 g/mol. The minimum Gasteiger partial charge on any atom is -0.343 e. The van der Waals surface area contributed by atoms with Crippen LogP contribution in [0.1, 0.15) is 52.4 Å². The van der Waals surface area contributed by atoms with Crippen LogP contribution < -0.4 is 5.32 Å². The first-order valence-electron chi connectivity index (χ1n) is 7.93. The molecule has 4 heteroatoms. The Balaban J connectivity index is 2.09. The molecule has 1 saturated heterocycles. The number of hydrogen-bond acceptors (Lipinski definition) is 2. The van der Waals surface area contributed by atoms with Gasteiger partial charge in [-0.15, -0.1) is 0 Å². The van der Waals surface area contributed by atoms with Crippen molar-refractivity contribution in [1.82, 2.24) is 10.2 Å². The predicted octanol–water partition coefficient (Wildman–Crippen LogP) is 2.25. The molecule has 0 saturated carbocycles. The van der Waals surface area contributed by atoms with Crippen molar-refractivity contribution in [2.24, 2.45) is 5.92 Å². The van der Waals surface area contributed by atoms with Crippen molar-refractivity contribution in [3.63, 3.8) is 0 Å². The Bertz CT molecular complexity index is 392. The lowest BCUT2D eigenvalue weighted by molar-refractivity contribution is -0.150. The molecule has 0 aromatic carbocycles. The maximum absolute atomic E-state index is 12.6. The molecule has 0 bridgehead atoms. The third-order valence-corrected chi connectivity index (χ3v) is 4.37. The summed E-state index contributed by atoms with van der Waals surface area (Å²) < 4.78 is 0. The van der Waals surface area contributed by atoms with Gasteiger partial charge in [0, 0.05) is 6.54 Å². The third-order valence-electron chi connectivity index (χ3n) is 4.37. The summed E-state index contributed by atoms with van der Waals surface area (Å²) >= 11 is 0. The van der Waals surface area contributed by atoms with Gasteiger partial charge < -0.3 is 10.2 Å². The maximum Gasteiger partial charge on any atom is 0.245 e. The molecular formula is C16H26N2O2. The second-order valence-electron chi connectivity index (χ2n) is 5.91. The summed E-state index contributed by atoms with van der Waals surface area (Å²) in [5, 5.41) is 2.89. The van der Waals surface area contributed by atoms with Gasteiger partial charge in [0.15, 0.2) is 0 Å². The van der Waals surface area contributed by atoms with Gasteiger partial charge in [-0.2, -0.15) is 0 Å². The smallest absolute Gasteiger partial charge is 0.245 e. The summed E-state index contributed by atoms with van der Waals surface area (Å²) in [6, 6.07) is -0.587. The van der Waals surface area contributed by atoms with Crippen molar-refractivity contribution in [1.29, 1.82) is 0 Å². The van der Waals surface area contributed by atoms with E-state index in [9.17, 15) is 9.59 Å². The molecule has 3 atom stereocenters. The van der Waals surface area contributed by atoms with E-state index >= 15 is 0 Å². The quantitative estimate of drug-likeness (QED) is 0.784. The number of nitrogens with zero attached hydrogens (tertiary/aromatic N) is 1. The molecule has 1 fully saturated rings. The van der Waals surface area contributed by atoms with Crippen LogP contribution >= 0.6 is 0 Å². The van der Waals surface area contributed by atoms with Gasteiger partial charge in [-0.3, -0.25) is 9.59 Å². The molecule has 2 aliphatic rings. The first-order valence-corrected chi connectivity index (χ1v) is 7.93. The summed E-state index contributed by atoms with van der Waals surface area (Å²) in [6.45, 7) is 4.75. The molecule has 0 spiro atoms. The summed E-state index contributed by atoms with van der Waals surface area (Å²) in [4.78, 5) is 26.6. The molecule has 4 nitrogen and oxygen atoms in total. The number of piperazine rings is 1. The molecule has 1 N–H and O–H groups in total. The molecule has 0 radical (unpaired) electrons. The molecule has 0 aromatic rings. The van der Waals surface area contributed by atoms with Crippen LogP contribution in [0, 0.1) is 5.92 Å². The standard InChI is InChI=1S/C16H26N2O2/c1-3-8-13-16(20)18(14(4-2)15(19)17-13)11-12-9-6-5-7-10-12/h5-6,12-14H,3-4,7-11H2,1-2H3,(H,17,19). The summed E-state index contributed by atoms with van der Waals surface area (Å²) in [6.07, 6.45) is 9.99. The van der Waals surface area contributed by atoms with E-state index in [0.717, 1.165) is 38.6 Å². The van der Waals surface area contributed by atoms with Crippen molar-refractivity contribution in [2.75, 3.05) is 6.54 Å². The maximum atomic E-state index is 12.6. The van der Waals surface area contributed by atoms with Gasteiger partial charge in [0.2, 0.25) is 11.8 Å². The molecule has 2 rings (SSSR count). The van der Waals surface area contributed by atoms with E-state index in [1.165, 1.54) is 0 Å². The lowest BCUT2D eigenvalue weighted by Crippen LogP contribution is -2.63. The minimum atomic E-state index is -0.311. The second kappa shape index (κ2) is 6.91. The fourth-order valence-electron chi connectivity index (χ4n) is 3.23. The highest BCUT2D eigenvalue weighted by molar-refractivity contribution is 5.96. The normalized spacial score (nSPS) is 30.5. The fourth-order valence-corrected chi connectivity index (χ4v) is 3.23. The molecule has 2 amide bonds. The Hall–Kier alpha value is -1.32. The Kier molecular flexibility index (Phi) is 5.21. The van der Waals surface area contributed by atoms with E-state index in [1.54, 1.807) is 0 Å². The van der Waals surface area contributed by atoms with E-state index in [0.29, 0.717) is 12.3 Å². The number of hydrogen-bond donors (Lipinski definition) is 1. The highest BCUT2D eigenvalue weighted by Gasteiger charge is 2.39. The fraction of sp³-hybridized carbons (Fsp3) is 0.750. The number of rotatable bonds is 5. The van der Waals surface area contributed by atoms with Gasteiger partial charge >= 0.3 is 0 Å². The zero-order chi connectivity index (χ0) is 14.5. The SMILES string of the molecule is CCCC1NC(=O)C(CC)N(CC2CC=CCC2)C1=O. The number of carbonyl (C=O) groups excluding carboxylic acids is 2. The van der Waals surface area contributed by atoms with E-state index in [2.05, 4.69) is 17.5 Å². The average Bonchev–Trinajstić information content (AvgIpc) is 2.46. The lowest BCUT2D eigenvalue weighted by Gasteiger charge is -2.40. The number of allylic oxidation sites excluding steroid dienone is 2.